The minimum atomic E-state index is -1.07. The molecule has 3 aromatic rings. The molecule has 0 aromatic heterocycles. The number of aromatic hydroxyl groups is 1. The summed E-state index contributed by atoms with van der Waals surface area (Å²) in [6.07, 6.45) is -1.07. The summed E-state index contributed by atoms with van der Waals surface area (Å²) in [4.78, 5) is 11.5. The number of benzene rings is 3. The van der Waals surface area contributed by atoms with Gasteiger partial charge in [-0.15, -0.1) is 0 Å². The Morgan fingerprint density at radius 2 is 1.74 bits per heavy atom. The number of anilines is 1. The molecule has 0 unspecified atom stereocenters. The Balaban J connectivity index is 1.66. The van der Waals surface area contributed by atoms with E-state index in [0.717, 1.165) is 11.3 Å². The number of hydrogen-bond donors (Lipinski definition) is 3. The molecule has 0 radical (unpaired) electrons. The summed E-state index contributed by atoms with van der Waals surface area (Å²) >= 11 is 6.11. The van der Waals surface area contributed by atoms with Crippen molar-refractivity contribution in [2.24, 2.45) is 0 Å². The van der Waals surface area contributed by atoms with Crippen LogP contribution in [0.15, 0.2) is 72.8 Å². The van der Waals surface area contributed by atoms with Crippen molar-refractivity contribution in [3.8, 4) is 11.5 Å². The van der Waals surface area contributed by atoms with Crippen molar-refractivity contribution in [2.45, 2.75) is 12.6 Å². The Morgan fingerprint density at radius 3 is 2.41 bits per heavy atom. The molecular formula is C21H18ClNO4. The lowest BCUT2D eigenvalue weighted by Gasteiger charge is -2.16. The lowest BCUT2D eigenvalue weighted by atomic mass is 10.1. The van der Waals surface area contributed by atoms with Gasteiger partial charge in [-0.25, -0.2) is 4.79 Å². The molecule has 0 fully saturated rings. The first kappa shape index (κ1) is 18.6. The van der Waals surface area contributed by atoms with Crippen molar-refractivity contribution in [2.75, 3.05) is 5.32 Å². The van der Waals surface area contributed by atoms with E-state index in [9.17, 15) is 15.0 Å². The van der Waals surface area contributed by atoms with Crippen LogP contribution in [0.25, 0.3) is 0 Å². The minimum Gasteiger partial charge on any atom is -0.508 e. The lowest BCUT2D eigenvalue weighted by Crippen LogP contribution is -2.18. The molecule has 0 saturated heterocycles. The van der Waals surface area contributed by atoms with Crippen molar-refractivity contribution in [1.82, 2.24) is 0 Å². The number of phenols is 1. The number of aliphatic carboxylic acids is 1. The highest BCUT2D eigenvalue weighted by Gasteiger charge is 2.21. The van der Waals surface area contributed by atoms with Crippen LogP contribution in [-0.2, 0) is 11.3 Å². The molecule has 0 aliphatic rings. The SMILES string of the molecule is O=C(O)[C@@H](Oc1ccc(NCc2cc(O)ccc2Cl)cc1)c1ccccc1. The maximum atomic E-state index is 11.5. The molecule has 1 atom stereocenters. The summed E-state index contributed by atoms with van der Waals surface area (Å²) in [5.41, 5.74) is 2.16. The fourth-order valence-corrected chi connectivity index (χ4v) is 2.75. The number of nitrogens with one attached hydrogen (secondary N) is 1. The number of ether oxygens (including phenoxy) is 1. The number of hydrogen-bond acceptors (Lipinski definition) is 4. The quantitative estimate of drug-likeness (QED) is 0.543. The summed E-state index contributed by atoms with van der Waals surface area (Å²) in [5.74, 6) is -0.449. The van der Waals surface area contributed by atoms with Gasteiger partial charge >= 0.3 is 5.97 Å². The van der Waals surface area contributed by atoms with E-state index in [1.807, 2.05) is 6.07 Å². The van der Waals surface area contributed by atoms with Gasteiger partial charge in [-0.2, -0.15) is 0 Å². The van der Waals surface area contributed by atoms with Crippen LogP contribution in [0.4, 0.5) is 5.69 Å². The molecule has 6 heteroatoms. The van der Waals surface area contributed by atoms with E-state index >= 15 is 0 Å². The van der Waals surface area contributed by atoms with Crippen molar-refractivity contribution in [1.29, 1.82) is 0 Å². The number of carbonyl (C=O) groups is 1. The monoisotopic (exact) mass is 383 g/mol. The molecule has 0 bridgehead atoms. The fourth-order valence-electron chi connectivity index (χ4n) is 2.57. The van der Waals surface area contributed by atoms with Crippen LogP contribution in [0, 0.1) is 0 Å². The maximum absolute atomic E-state index is 11.5. The molecule has 5 nitrogen and oxygen atoms in total. The van der Waals surface area contributed by atoms with Gasteiger partial charge in [0.2, 0.25) is 6.10 Å². The Hall–Kier alpha value is -3.18. The van der Waals surface area contributed by atoms with E-state index < -0.39 is 12.1 Å². The van der Waals surface area contributed by atoms with Gasteiger partial charge in [0.05, 0.1) is 0 Å². The standard InChI is InChI=1S/C21H18ClNO4/c22-19-11-8-17(24)12-15(19)13-23-16-6-9-18(10-7-16)27-20(21(25)26)14-4-2-1-3-5-14/h1-12,20,23-24H,13H2,(H,25,26)/t20-/m0/s1. The second-order valence-electron chi connectivity index (χ2n) is 5.90. The number of phenolic OH excluding ortho intramolecular Hbond substituents is 1. The van der Waals surface area contributed by atoms with Crippen molar-refractivity contribution < 1.29 is 19.7 Å². The molecule has 27 heavy (non-hydrogen) atoms. The van der Waals surface area contributed by atoms with Gasteiger partial charge in [-0.3, -0.25) is 0 Å². The van der Waals surface area contributed by atoms with E-state index in [-0.39, 0.29) is 5.75 Å². The van der Waals surface area contributed by atoms with E-state index in [2.05, 4.69) is 5.32 Å². The van der Waals surface area contributed by atoms with Crippen LogP contribution in [0.2, 0.25) is 5.02 Å². The number of carboxylic acid groups (broad SMARTS) is 1. The summed E-state index contributed by atoms with van der Waals surface area (Å²) in [7, 11) is 0. The second kappa shape index (κ2) is 8.47. The molecule has 3 aromatic carbocycles. The Labute approximate surface area is 161 Å². The minimum absolute atomic E-state index is 0.153. The van der Waals surface area contributed by atoms with Crippen molar-refractivity contribution >= 4 is 23.3 Å². The number of rotatable bonds is 7. The summed E-state index contributed by atoms with van der Waals surface area (Å²) in [6.45, 7) is 0.440. The van der Waals surface area contributed by atoms with Gasteiger partial charge in [0.15, 0.2) is 0 Å². The molecule has 138 valence electrons. The third-order valence-electron chi connectivity index (χ3n) is 3.95. The van der Waals surface area contributed by atoms with E-state index in [4.69, 9.17) is 16.3 Å². The van der Waals surface area contributed by atoms with Gasteiger partial charge in [0, 0.05) is 22.8 Å². The topological polar surface area (TPSA) is 78.8 Å². The lowest BCUT2D eigenvalue weighted by molar-refractivity contribution is -0.145. The van der Waals surface area contributed by atoms with E-state index in [1.165, 1.54) is 6.07 Å². The highest BCUT2D eigenvalue weighted by atomic mass is 35.5. The first-order chi connectivity index (χ1) is 13.0. The van der Waals surface area contributed by atoms with Crippen molar-refractivity contribution in [3.63, 3.8) is 0 Å². The summed E-state index contributed by atoms with van der Waals surface area (Å²) in [6, 6.07) is 20.5. The van der Waals surface area contributed by atoms with Gasteiger partial charge in [0.1, 0.15) is 11.5 Å². The molecule has 0 aliphatic heterocycles. The first-order valence-electron chi connectivity index (χ1n) is 8.28. The van der Waals surface area contributed by atoms with Gasteiger partial charge in [0.25, 0.3) is 0 Å². The molecule has 0 heterocycles. The smallest absolute Gasteiger partial charge is 0.349 e. The Kier molecular flexibility index (Phi) is 5.84. The molecule has 0 aliphatic carbocycles. The third-order valence-corrected chi connectivity index (χ3v) is 4.32. The molecular weight excluding hydrogens is 366 g/mol. The van der Waals surface area contributed by atoms with Crippen LogP contribution in [0.1, 0.15) is 17.2 Å². The van der Waals surface area contributed by atoms with Crippen molar-refractivity contribution in [3.05, 3.63) is 88.9 Å². The molecule has 3 N–H and O–H groups in total. The zero-order chi connectivity index (χ0) is 19.2. The highest BCUT2D eigenvalue weighted by Crippen LogP contribution is 2.25. The molecule has 3 rings (SSSR count). The number of halogens is 1. The van der Waals surface area contributed by atoms with E-state index in [1.54, 1.807) is 60.7 Å². The number of carboxylic acids is 1. The molecule has 0 spiro atoms. The predicted molar refractivity (Wildman–Crippen MR) is 104 cm³/mol. The molecule has 0 saturated carbocycles. The van der Waals surface area contributed by atoms with Crippen LogP contribution >= 0.6 is 11.6 Å². The highest BCUT2D eigenvalue weighted by molar-refractivity contribution is 6.31. The third kappa shape index (κ3) is 4.92. The fraction of sp³-hybridized carbons (Fsp3) is 0.0952. The summed E-state index contributed by atoms with van der Waals surface area (Å²) in [5, 5.41) is 22.7. The van der Waals surface area contributed by atoms with Gasteiger partial charge < -0.3 is 20.3 Å². The van der Waals surface area contributed by atoms with Crippen LogP contribution in [0.5, 0.6) is 11.5 Å². The summed E-state index contributed by atoms with van der Waals surface area (Å²) < 4.78 is 5.63. The van der Waals surface area contributed by atoms with Crippen LogP contribution in [0.3, 0.4) is 0 Å². The normalized spacial score (nSPS) is 11.6. The average molecular weight is 384 g/mol. The van der Waals surface area contributed by atoms with Gasteiger partial charge in [-0.1, -0.05) is 41.9 Å². The van der Waals surface area contributed by atoms with Crippen LogP contribution in [-0.4, -0.2) is 16.2 Å². The Morgan fingerprint density at radius 1 is 1.04 bits per heavy atom. The maximum Gasteiger partial charge on any atom is 0.349 e. The van der Waals surface area contributed by atoms with E-state index in [0.29, 0.717) is 22.9 Å². The second-order valence-corrected chi connectivity index (χ2v) is 6.31. The predicted octanol–water partition coefficient (Wildman–Crippen LogP) is 4.86. The van der Waals surface area contributed by atoms with Crippen LogP contribution < -0.4 is 10.1 Å². The molecule has 0 amide bonds. The first-order valence-corrected chi connectivity index (χ1v) is 8.66. The average Bonchev–Trinajstić information content (AvgIpc) is 2.68. The zero-order valence-electron chi connectivity index (χ0n) is 14.3. The van der Waals surface area contributed by atoms with Gasteiger partial charge in [-0.05, 0) is 48.0 Å². The largest absolute Gasteiger partial charge is 0.508 e. The Bertz CT molecular complexity index is 913. The zero-order valence-corrected chi connectivity index (χ0v) is 15.1.